The number of carbonyl (C=O) groups is 3. The van der Waals surface area contributed by atoms with Crippen LogP contribution in [0.25, 0.3) is 0 Å². The summed E-state index contributed by atoms with van der Waals surface area (Å²) in [7, 11) is 1.31. The van der Waals surface area contributed by atoms with E-state index in [0.717, 1.165) is 6.42 Å². The average Bonchev–Trinajstić information content (AvgIpc) is 2.56. The van der Waals surface area contributed by atoms with Crippen LogP contribution in [0.3, 0.4) is 0 Å². The van der Waals surface area contributed by atoms with Crippen LogP contribution >= 0.6 is 0 Å². The van der Waals surface area contributed by atoms with Gasteiger partial charge in [-0.2, -0.15) is 0 Å². The van der Waals surface area contributed by atoms with E-state index < -0.39 is 17.6 Å². The Bertz CT molecular complexity index is 595. The number of unbranched alkanes of at least 4 members (excludes halogenated alkanes) is 1. The molecule has 0 saturated carbocycles. The van der Waals surface area contributed by atoms with Gasteiger partial charge in [-0.15, -0.1) is 0 Å². The number of nitrogens with two attached hydrogens (primary N) is 1. The molecule has 2 amide bonds. The first-order chi connectivity index (χ1) is 11.9. The number of para-hydroxylation sites is 1. The van der Waals surface area contributed by atoms with Crippen LogP contribution in [0.15, 0.2) is 24.3 Å². The molecule has 0 aliphatic heterocycles. The summed E-state index contributed by atoms with van der Waals surface area (Å²) in [6, 6.07) is 5.47. The highest BCUT2D eigenvalue weighted by atomic mass is 19.1. The zero-order valence-corrected chi connectivity index (χ0v) is 14.2. The molecule has 0 heterocycles. The van der Waals surface area contributed by atoms with Crippen molar-refractivity contribution in [2.45, 2.75) is 38.1 Å². The number of rotatable bonds is 10. The largest absolute Gasteiger partial charge is 0.469 e. The van der Waals surface area contributed by atoms with Gasteiger partial charge in [0.2, 0.25) is 11.8 Å². The monoisotopic (exact) mass is 353 g/mol. The van der Waals surface area contributed by atoms with Gasteiger partial charge in [0.25, 0.3) is 0 Å². The maximum Gasteiger partial charge on any atom is 0.307 e. The van der Waals surface area contributed by atoms with Crippen molar-refractivity contribution in [1.82, 2.24) is 5.32 Å². The van der Waals surface area contributed by atoms with E-state index in [2.05, 4.69) is 15.4 Å². The van der Waals surface area contributed by atoms with Gasteiger partial charge in [0.15, 0.2) is 0 Å². The van der Waals surface area contributed by atoms with Crippen molar-refractivity contribution >= 4 is 23.5 Å². The second-order valence-electron chi connectivity index (χ2n) is 5.59. The van der Waals surface area contributed by atoms with Crippen LogP contribution in [-0.2, 0) is 19.1 Å². The van der Waals surface area contributed by atoms with E-state index in [1.807, 2.05) is 0 Å². The lowest BCUT2D eigenvalue weighted by atomic mass is 10.1. The van der Waals surface area contributed by atoms with Crippen LogP contribution < -0.4 is 16.4 Å². The van der Waals surface area contributed by atoms with Crippen LogP contribution in [0, 0.1) is 5.82 Å². The molecule has 1 aromatic carbocycles. The summed E-state index contributed by atoms with van der Waals surface area (Å²) in [4.78, 5) is 34.4. The van der Waals surface area contributed by atoms with Crippen molar-refractivity contribution in [3.63, 3.8) is 0 Å². The van der Waals surface area contributed by atoms with E-state index in [0.29, 0.717) is 19.4 Å². The number of halogens is 1. The Morgan fingerprint density at radius 3 is 2.60 bits per heavy atom. The number of hydrogen-bond acceptors (Lipinski definition) is 5. The molecular weight excluding hydrogens is 329 g/mol. The van der Waals surface area contributed by atoms with Crippen molar-refractivity contribution < 1.29 is 23.5 Å². The lowest BCUT2D eigenvalue weighted by Gasteiger charge is -2.10. The molecule has 0 aliphatic rings. The number of amides is 2. The molecule has 0 aromatic heterocycles. The first kappa shape index (κ1) is 20.6. The molecule has 138 valence electrons. The molecule has 1 aromatic rings. The molecule has 1 atom stereocenters. The van der Waals surface area contributed by atoms with E-state index in [-0.39, 0.29) is 30.5 Å². The van der Waals surface area contributed by atoms with E-state index >= 15 is 0 Å². The Hall–Kier alpha value is -2.48. The van der Waals surface area contributed by atoms with Gasteiger partial charge in [-0.3, -0.25) is 14.4 Å². The molecule has 4 N–H and O–H groups in total. The fraction of sp³-hybridized carbons (Fsp3) is 0.471. The molecule has 25 heavy (non-hydrogen) atoms. The van der Waals surface area contributed by atoms with Gasteiger partial charge < -0.3 is 21.1 Å². The van der Waals surface area contributed by atoms with Gasteiger partial charge in [0.1, 0.15) is 12.2 Å². The van der Waals surface area contributed by atoms with Crippen LogP contribution in [0.4, 0.5) is 10.1 Å². The van der Waals surface area contributed by atoms with Gasteiger partial charge in [-0.05, 0) is 25.0 Å². The van der Waals surface area contributed by atoms with Crippen molar-refractivity contribution in [3.8, 4) is 0 Å². The average molecular weight is 353 g/mol. The van der Waals surface area contributed by atoms with Crippen molar-refractivity contribution in [3.05, 3.63) is 30.1 Å². The van der Waals surface area contributed by atoms with Crippen molar-refractivity contribution in [1.29, 1.82) is 0 Å². The number of carbonyl (C=O) groups excluding carboxylic acids is 3. The van der Waals surface area contributed by atoms with E-state index in [1.165, 1.54) is 25.3 Å². The Balaban J connectivity index is 2.15. The van der Waals surface area contributed by atoms with Gasteiger partial charge >= 0.3 is 5.97 Å². The highest BCUT2D eigenvalue weighted by Gasteiger charge is 2.12. The predicted molar refractivity (Wildman–Crippen MR) is 91.1 cm³/mol. The Kier molecular flexibility index (Phi) is 9.16. The maximum absolute atomic E-state index is 13.4. The van der Waals surface area contributed by atoms with Gasteiger partial charge in [-0.25, -0.2) is 4.39 Å². The summed E-state index contributed by atoms with van der Waals surface area (Å²) < 4.78 is 17.9. The second-order valence-corrected chi connectivity index (χ2v) is 5.59. The van der Waals surface area contributed by atoms with Crippen molar-refractivity contribution in [2.24, 2.45) is 5.73 Å². The fourth-order valence-electron chi connectivity index (χ4n) is 2.12. The van der Waals surface area contributed by atoms with Gasteiger partial charge in [0, 0.05) is 12.6 Å². The Morgan fingerprint density at radius 1 is 1.20 bits per heavy atom. The van der Waals surface area contributed by atoms with Crippen LogP contribution in [0.5, 0.6) is 0 Å². The molecule has 0 aliphatic carbocycles. The molecule has 0 bridgehead atoms. The van der Waals surface area contributed by atoms with E-state index in [4.69, 9.17) is 5.73 Å². The molecule has 0 fully saturated rings. The molecule has 8 heteroatoms. The summed E-state index contributed by atoms with van der Waals surface area (Å²) >= 11 is 0. The molecule has 0 unspecified atom stereocenters. The van der Waals surface area contributed by atoms with E-state index in [9.17, 15) is 18.8 Å². The highest BCUT2D eigenvalue weighted by Crippen LogP contribution is 2.12. The number of ether oxygens (including phenoxy) is 1. The quantitative estimate of drug-likeness (QED) is 0.334. The third-order valence-electron chi connectivity index (χ3n) is 3.45. The van der Waals surface area contributed by atoms with Crippen molar-refractivity contribution in [2.75, 3.05) is 19.0 Å². The maximum atomic E-state index is 13.4. The summed E-state index contributed by atoms with van der Waals surface area (Å²) in [6.07, 6.45) is 1.84. The molecular formula is C17H24FN3O4. The Morgan fingerprint density at radius 2 is 1.92 bits per heavy atom. The minimum Gasteiger partial charge on any atom is -0.469 e. The minimum absolute atomic E-state index is 0.0416. The fourth-order valence-corrected chi connectivity index (χ4v) is 2.12. The summed E-state index contributed by atoms with van der Waals surface area (Å²) in [6.45, 7) is 0.400. The topological polar surface area (TPSA) is 111 Å². The van der Waals surface area contributed by atoms with Crippen LogP contribution in [0.1, 0.15) is 32.1 Å². The first-order valence-corrected chi connectivity index (χ1v) is 8.06. The first-order valence-electron chi connectivity index (χ1n) is 8.06. The molecule has 0 spiro atoms. The minimum atomic E-state index is -0.581. The summed E-state index contributed by atoms with van der Waals surface area (Å²) in [5.41, 5.74) is 5.81. The second kappa shape index (κ2) is 11.1. The number of benzene rings is 1. The number of anilines is 1. The third kappa shape index (κ3) is 8.80. The number of esters is 1. The zero-order chi connectivity index (χ0) is 18.7. The summed E-state index contributed by atoms with van der Waals surface area (Å²) in [5, 5.41) is 4.96. The van der Waals surface area contributed by atoms with Gasteiger partial charge in [-0.1, -0.05) is 18.6 Å². The Labute approximate surface area is 146 Å². The van der Waals surface area contributed by atoms with E-state index in [1.54, 1.807) is 6.07 Å². The smallest absolute Gasteiger partial charge is 0.307 e. The SMILES string of the molecule is COC(=O)C[C@@H](N)CCCCNC(=O)CC(=O)Nc1ccccc1F. The molecule has 0 saturated heterocycles. The third-order valence-corrected chi connectivity index (χ3v) is 3.45. The predicted octanol–water partition coefficient (Wildman–Crippen LogP) is 1.33. The molecule has 0 radical (unpaired) electrons. The standard InChI is InChI=1S/C17H24FN3O4/c1-25-17(24)10-12(19)6-4-5-9-20-15(22)11-16(23)21-14-8-3-2-7-13(14)18/h2-3,7-8,12H,4-6,9-11,19H2,1H3,(H,20,22)(H,21,23)/t12-/m0/s1. The van der Waals surface area contributed by atoms with Crippen LogP contribution in [0.2, 0.25) is 0 Å². The number of nitrogens with one attached hydrogen (secondary N) is 2. The number of hydrogen-bond donors (Lipinski definition) is 3. The highest BCUT2D eigenvalue weighted by molar-refractivity contribution is 6.03. The zero-order valence-electron chi connectivity index (χ0n) is 14.2. The van der Waals surface area contributed by atoms with Gasteiger partial charge in [0.05, 0.1) is 19.2 Å². The lowest BCUT2D eigenvalue weighted by Crippen LogP contribution is -2.29. The summed E-state index contributed by atoms with van der Waals surface area (Å²) in [5.74, 6) is -1.92. The normalized spacial score (nSPS) is 11.5. The lowest BCUT2D eigenvalue weighted by molar-refractivity contribution is -0.141. The molecule has 7 nitrogen and oxygen atoms in total. The number of methoxy groups -OCH3 is 1. The molecule has 1 rings (SSSR count). The van der Waals surface area contributed by atoms with Crippen LogP contribution in [-0.4, -0.2) is 37.5 Å².